The van der Waals surface area contributed by atoms with Crippen LogP contribution in [0.4, 0.5) is 10.7 Å². The van der Waals surface area contributed by atoms with E-state index in [1.165, 1.54) is 21.3 Å². The molecule has 0 saturated heterocycles. The van der Waals surface area contributed by atoms with Crippen molar-refractivity contribution in [3.05, 3.63) is 34.2 Å². The number of nitrogens with zero attached hydrogens (tertiary/aromatic N) is 1. The third kappa shape index (κ3) is 4.83. The summed E-state index contributed by atoms with van der Waals surface area (Å²) in [4.78, 5) is 25.6. The van der Waals surface area contributed by atoms with E-state index in [0.29, 0.717) is 22.9 Å². The van der Waals surface area contributed by atoms with E-state index >= 15 is 0 Å². The Balaban J connectivity index is 2.50. The van der Waals surface area contributed by atoms with Gasteiger partial charge in [-0.15, -0.1) is 11.3 Å². The van der Waals surface area contributed by atoms with Crippen LogP contribution in [0.15, 0.2) is 18.2 Å². The van der Waals surface area contributed by atoms with E-state index < -0.39 is 17.8 Å². The Hall–Kier alpha value is -3.25. The van der Waals surface area contributed by atoms with Crippen LogP contribution < -0.4 is 20.5 Å². The molecule has 0 aliphatic rings. The highest BCUT2D eigenvalue weighted by Gasteiger charge is 2.28. The number of ether oxygens (including phenoxy) is 3. The highest BCUT2D eigenvalue weighted by atomic mass is 32.1. The maximum atomic E-state index is 13.2. The number of ketones is 1. The molecule has 0 fully saturated rings. The Morgan fingerprint density at radius 3 is 2.47 bits per heavy atom. The maximum Gasteiger partial charge on any atom is 0.328 e. The SMILES string of the molecule is COC(=O)C(CC(C)C)Nc1sc(C(=O)c2cc(OC)ccc2OC)c(N)c1C#N. The topological polar surface area (TPSA) is 124 Å². The summed E-state index contributed by atoms with van der Waals surface area (Å²) in [5, 5.41) is 13.0. The monoisotopic (exact) mass is 431 g/mol. The van der Waals surface area contributed by atoms with E-state index in [0.717, 1.165) is 11.3 Å². The molecule has 2 rings (SSSR count). The van der Waals surface area contributed by atoms with Crippen molar-refractivity contribution in [3.63, 3.8) is 0 Å². The number of benzene rings is 1. The fraction of sp³-hybridized carbons (Fsp3) is 0.381. The first-order chi connectivity index (χ1) is 14.3. The molecule has 1 heterocycles. The average Bonchev–Trinajstić information content (AvgIpc) is 3.06. The van der Waals surface area contributed by atoms with Gasteiger partial charge < -0.3 is 25.3 Å². The maximum absolute atomic E-state index is 13.2. The van der Waals surface area contributed by atoms with Gasteiger partial charge in [0.25, 0.3) is 0 Å². The number of rotatable bonds is 9. The van der Waals surface area contributed by atoms with Crippen molar-refractivity contribution in [1.82, 2.24) is 0 Å². The van der Waals surface area contributed by atoms with Gasteiger partial charge in [0.2, 0.25) is 5.78 Å². The first-order valence-corrected chi connectivity index (χ1v) is 10.0. The molecular weight excluding hydrogens is 406 g/mol. The number of esters is 1. The third-order valence-corrected chi connectivity index (χ3v) is 5.55. The van der Waals surface area contributed by atoms with Crippen LogP contribution in [0.1, 0.15) is 41.1 Å². The summed E-state index contributed by atoms with van der Waals surface area (Å²) < 4.78 is 15.3. The van der Waals surface area contributed by atoms with E-state index in [9.17, 15) is 14.9 Å². The number of nitrogens with one attached hydrogen (secondary N) is 1. The lowest BCUT2D eigenvalue weighted by atomic mass is 10.0. The first-order valence-electron chi connectivity index (χ1n) is 9.20. The number of carbonyl (C=O) groups is 2. The molecule has 1 aromatic carbocycles. The van der Waals surface area contributed by atoms with Gasteiger partial charge in [0.1, 0.15) is 39.1 Å². The lowest BCUT2D eigenvalue weighted by molar-refractivity contribution is -0.141. The minimum atomic E-state index is -0.672. The largest absolute Gasteiger partial charge is 0.497 e. The van der Waals surface area contributed by atoms with Crippen LogP contribution >= 0.6 is 11.3 Å². The molecule has 0 radical (unpaired) electrons. The lowest BCUT2D eigenvalue weighted by Crippen LogP contribution is -2.32. The zero-order chi connectivity index (χ0) is 22.4. The molecule has 1 atom stereocenters. The van der Waals surface area contributed by atoms with Crippen LogP contribution in [0, 0.1) is 17.2 Å². The second kappa shape index (κ2) is 9.98. The molecule has 1 aromatic heterocycles. The Labute approximate surface area is 179 Å². The molecule has 30 heavy (non-hydrogen) atoms. The molecule has 0 amide bonds. The number of thiophene rings is 1. The Kier molecular flexibility index (Phi) is 7.66. The summed E-state index contributed by atoms with van der Waals surface area (Å²) in [5.41, 5.74) is 6.56. The van der Waals surface area contributed by atoms with E-state index in [-0.39, 0.29) is 27.6 Å². The summed E-state index contributed by atoms with van der Waals surface area (Å²) in [6, 6.07) is 6.20. The van der Waals surface area contributed by atoms with Crippen molar-refractivity contribution in [3.8, 4) is 17.6 Å². The van der Waals surface area contributed by atoms with Crippen LogP contribution in [-0.2, 0) is 9.53 Å². The van der Waals surface area contributed by atoms with Gasteiger partial charge in [0.15, 0.2) is 0 Å². The van der Waals surface area contributed by atoms with Gasteiger partial charge in [-0.1, -0.05) is 13.8 Å². The van der Waals surface area contributed by atoms with Gasteiger partial charge in [-0.05, 0) is 30.5 Å². The summed E-state index contributed by atoms with van der Waals surface area (Å²) >= 11 is 1.02. The Morgan fingerprint density at radius 2 is 1.93 bits per heavy atom. The summed E-state index contributed by atoms with van der Waals surface area (Å²) in [7, 11) is 4.25. The van der Waals surface area contributed by atoms with Crippen LogP contribution in [0.2, 0.25) is 0 Å². The minimum absolute atomic E-state index is 0.0491. The van der Waals surface area contributed by atoms with Crippen molar-refractivity contribution in [2.75, 3.05) is 32.4 Å². The number of hydrogen-bond acceptors (Lipinski definition) is 9. The van der Waals surface area contributed by atoms with Gasteiger partial charge in [-0.2, -0.15) is 5.26 Å². The number of nitrogen functional groups attached to an aromatic ring is 1. The molecule has 1 unspecified atom stereocenters. The second-order valence-electron chi connectivity index (χ2n) is 6.91. The van der Waals surface area contributed by atoms with E-state index in [1.807, 2.05) is 19.9 Å². The van der Waals surface area contributed by atoms with Crippen molar-refractivity contribution in [1.29, 1.82) is 5.26 Å². The first kappa shape index (κ1) is 23.0. The summed E-state index contributed by atoms with van der Waals surface area (Å²) in [6.45, 7) is 3.94. The van der Waals surface area contributed by atoms with E-state index in [2.05, 4.69) is 5.32 Å². The number of anilines is 2. The molecule has 9 heteroatoms. The van der Waals surface area contributed by atoms with Gasteiger partial charge >= 0.3 is 5.97 Å². The molecular formula is C21H25N3O5S. The molecule has 2 aromatic rings. The molecule has 3 N–H and O–H groups in total. The predicted molar refractivity (Wildman–Crippen MR) is 115 cm³/mol. The lowest BCUT2D eigenvalue weighted by Gasteiger charge is -2.18. The van der Waals surface area contributed by atoms with Crippen molar-refractivity contribution in [2.24, 2.45) is 5.92 Å². The molecule has 0 aliphatic carbocycles. The van der Waals surface area contributed by atoms with Gasteiger partial charge in [0.05, 0.1) is 32.6 Å². The van der Waals surface area contributed by atoms with Gasteiger partial charge in [-0.25, -0.2) is 4.79 Å². The number of methoxy groups -OCH3 is 3. The fourth-order valence-corrected chi connectivity index (χ4v) is 4.00. The fourth-order valence-electron chi connectivity index (χ4n) is 2.93. The highest BCUT2D eigenvalue weighted by Crippen LogP contribution is 2.39. The molecule has 8 nitrogen and oxygen atoms in total. The second-order valence-corrected chi connectivity index (χ2v) is 7.93. The summed E-state index contributed by atoms with van der Waals surface area (Å²) in [6.07, 6.45) is 0.488. The predicted octanol–water partition coefficient (Wildman–Crippen LogP) is 3.45. The van der Waals surface area contributed by atoms with Crippen molar-refractivity contribution < 1.29 is 23.8 Å². The highest BCUT2D eigenvalue weighted by molar-refractivity contribution is 7.19. The van der Waals surface area contributed by atoms with Crippen LogP contribution in [-0.4, -0.2) is 39.1 Å². The third-order valence-electron chi connectivity index (χ3n) is 4.41. The molecule has 0 bridgehead atoms. The van der Waals surface area contributed by atoms with Crippen molar-refractivity contribution >= 4 is 33.8 Å². The Bertz CT molecular complexity index is 978. The number of hydrogen-bond donors (Lipinski definition) is 2. The molecule has 160 valence electrons. The normalized spacial score (nSPS) is 11.5. The quantitative estimate of drug-likeness (QED) is 0.457. The van der Waals surface area contributed by atoms with Crippen LogP contribution in [0.3, 0.4) is 0 Å². The minimum Gasteiger partial charge on any atom is -0.497 e. The average molecular weight is 432 g/mol. The molecule has 0 aliphatic heterocycles. The molecule has 0 spiro atoms. The van der Waals surface area contributed by atoms with Crippen molar-refractivity contribution in [2.45, 2.75) is 26.3 Å². The van der Waals surface area contributed by atoms with E-state index in [1.54, 1.807) is 18.2 Å². The number of nitrogens with two attached hydrogens (primary N) is 1. The standard InChI is InChI=1S/C21H25N3O5S/c1-11(2)8-15(21(26)29-5)24-20-14(10-22)17(23)19(30-20)18(25)13-9-12(27-3)6-7-16(13)28-4/h6-7,9,11,15,24H,8,23H2,1-5H3. The number of carbonyl (C=O) groups excluding carboxylic acids is 2. The van der Waals surface area contributed by atoms with Crippen LogP contribution in [0.5, 0.6) is 11.5 Å². The Morgan fingerprint density at radius 1 is 1.23 bits per heavy atom. The van der Waals surface area contributed by atoms with Crippen LogP contribution in [0.25, 0.3) is 0 Å². The number of nitriles is 1. The zero-order valence-electron chi connectivity index (χ0n) is 17.6. The van der Waals surface area contributed by atoms with Gasteiger partial charge in [0, 0.05) is 0 Å². The zero-order valence-corrected chi connectivity index (χ0v) is 18.4. The van der Waals surface area contributed by atoms with Gasteiger partial charge in [-0.3, -0.25) is 4.79 Å². The smallest absolute Gasteiger partial charge is 0.328 e. The summed E-state index contributed by atoms with van der Waals surface area (Å²) in [5.74, 6) is 0.175. The molecule has 0 saturated carbocycles. The van der Waals surface area contributed by atoms with E-state index in [4.69, 9.17) is 19.9 Å².